The van der Waals surface area contributed by atoms with Gasteiger partial charge in [-0.05, 0) is 37.2 Å². The van der Waals surface area contributed by atoms with Crippen LogP contribution in [0.1, 0.15) is 18.9 Å². The van der Waals surface area contributed by atoms with E-state index >= 15 is 0 Å². The van der Waals surface area contributed by atoms with Crippen LogP contribution in [0.5, 0.6) is 0 Å². The summed E-state index contributed by atoms with van der Waals surface area (Å²) in [6.45, 7) is 3.96. The van der Waals surface area contributed by atoms with Gasteiger partial charge in [0.05, 0.1) is 0 Å². The first-order valence-corrected chi connectivity index (χ1v) is 6.64. The molecule has 0 radical (unpaired) electrons. The van der Waals surface area contributed by atoms with Crippen molar-refractivity contribution in [1.29, 1.82) is 0 Å². The van der Waals surface area contributed by atoms with Crippen LogP contribution in [0, 0.1) is 5.82 Å². The van der Waals surface area contributed by atoms with Crippen molar-refractivity contribution in [1.82, 2.24) is 10.6 Å². The number of nitrogens with zero attached hydrogens (tertiary/aromatic N) is 1. The van der Waals surface area contributed by atoms with E-state index in [-0.39, 0.29) is 17.8 Å². The smallest absolute Gasteiger partial charge is 0.242 e. The number of hydrogen-bond donors (Lipinski definition) is 2. The summed E-state index contributed by atoms with van der Waals surface area (Å²) in [5, 5.41) is 5.92. The zero-order chi connectivity index (χ0) is 13.8. The maximum Gasteiger partial charge on any atom is 0.242 e. The van der Waals surface area contributed by atoms with Gasteiger partial charge in [-0.15, -0.1) is 0 Å². The number of anilines is 1. The molecule has 1 unspecified atom stereocenters. The summed E-state index contributed by atoms with van der Waals surface area (Å²) >= 11 is 0. The van der Waals surface area contributed by atoms with Crippen molar-refractivity contribution < 1.29 is 9.18 Å². The molecule has 1 aliphatic rings. The minimum absolute atomic E-state index is 0.0495. The molecule has 1 fully saturated rings. The lowest BCUT2D eigenvalue weighted by Crippen LogP contribution is -2.55. The first kappa shape index (κ1) is 13.8. The summed E-state index contributed by atoms with van der Waals surface area (Å²) in [6, 6.07) is 4.58. The topological polar surface area (TPSA) is 44.4 Å². The molecule has 5 heteroatoms. The highest BCUT2D eigenvalue weighted by Crippen LogP contribution is 2.25. The van der Waals surface area contributed by atoms with Crippen molar-refractivity contribution in [3.8, 4) is 0 Å². The molecule has 1 aliphatic heterocycles. The van der Waals surface area contributed by atoms with Crippen molar-refractivity contribution in [2.45, 2.75) is 25.9 Å². The highest BCUT2D eigenvalue weighted by atomic mass is 19.1. The average molecular weight is 265 g/mol. The molecule has 19 heavy (non-hydrogen) atoms. The SMILES string of the molecule is CCC1C(=O)NCCN1c1ccc(F)cc1CNC. The molecule has 0 bridgehead atoms. The van der Waals surface area contributed by atoms with Crippen LogP contribution in [-0.4, -0.2) is 32.1 Å². The van der Waals surface area contributed by atoms with Crippen molar-refractivity contribution in [2.24, 2.45) is 0 Å². The summed E-state index contributed by atoms with van der Waals surface area (Å²) in [7, 11) is 1.83. The predicted molar refractivity (Wildman–Crippen MR) is 73.6 cm³/mol. The molecule has 0 aromatic heterocycles. The normalized spacial score (nSPS) is 19.4. The number of rotatable bonds is 4. The van der Waals surface area contributed by atoms with Crippen LogP contribution in [0.15, 0.2) is 18.2 Å². The van der Waals surface area contributed by atoms with Crippen molar-refractivity contribution in [3.05, 3.63) is 29.6 Å². The molecule has 4 nitrogen and oxygen atoms in total. The second-order valence-electron chi connectivity index (χ2n) is 4.71. The number of nitrogens with one attached hydrogen (secondary N) is 2. The Balaban J connectivity index is 2.36. The Morgan fingerprint density at radius 2 is 2.32 bits per heavy atom. The zero-order valence-electron chi connectivity index (χ0n) is 11.4. The second kappa shape index (κ2) is 6.02. The number of carbonyl (C=O) groups is 1. The lowest BCUT2D eigenvalue weighted by molar-refractivity contribution is -0.123. The Hall–Kier alpha value is -1.62. The fourth-order valence-electron chi connectivity index (χ4n) is 2.58. The number of amides is 1. The third-order valence-corrected chi connectivity index (χ3v) is 3.44. The van der Waals surface area contributed by atoms with Gasteiger partial charge in [0, 0.05) is 25.3 Å². The number of benzene rings is 1. The van der Waals surface area contributed by atoms with Crippen LogP contribution in [0.2, 0.25) is 0 Å². The zero-order valence-corrected chi connectivity index (χ0v) is 11.4. The number of piperazine rings is 1. The van der Waals surface area contributed by atoms with Gasteiger partial charge in [-0.2, -0.15) is 0 Å². The second-order valence-corrected chi connectivity index (χ2v) is 4.71. The van der Waals surface area contributed by atoms with E-state index in [2.05, 4.69) is 15.5 Å². The molecule has 1 amide bonds. The van der Waals surface area contributed by atoms with Gasteiger partial charge >= 0.3 is 0 Å². The van der Waals surface area contributed by atoms with E-state index in [0.717, 1.165) is 24.2 Å². The molecule has 1 aromatic rings. The summed E-state index contributed by atoms with van der Waals surface area (Å²) in [5.41, 5.74) is 1.83. The fraction of sp³-hybridized carbons (Fsp3) is 0.500. The van der Waals surface area contributed by atoms with Crippen molar-refractivity contribution in [2.75, 3.05) is 25.0 Å². The number of halogens is 1. The van der Waals surface area contributed by atoms with E-state index < -0.39 is 0 Å². The maximum atomic E-state index is 13.4. The van der Waals surface area contributed by atoms with Crippen LogP contribution in [-0.2, 0) is 11.3 Å². The first-order chi connectivity index (χ1) is 9.17. The van der Waals surface area contributed by atoms with Crippen molar-refractivity contribution in [3.63, 3.8) is 0 Å². The van der Waals surface area contributed by atoms with Crippen molar-refractivity contribution >= 4 is 11.6 Å². The quantitative estimate of drug-likeness (QED) is 0.861. The molecule has 0 spiro atoms. The predicted octanol–water partition coefficient (Wildman–Crippen LogP) is 1.26. The third kappa shape index (κ3) is 2.87. The van der Waals surface area contributed by atoms with Gasteiger partial charge in [0.15, 0.2) is 0 Å². The lowest BCUT2D eigenvalue weighted by Gasteiger charge is -2.37. The summed E-state index contributed by atoms with van der Waals surface area (Å²) in [4.78, 5) is 14.0. The van der Waals surface area contributed by atoms with Crippen LogP contribution in [0.3, 0.4) is 0 Å². The van der Waals surface area contributed by atoms with Crippen LogP contribution >= 0.6 is 0 Å². The molecule has 1 atom stereocenters. The Kier molecular flexibility index (Phi) is 4.37. The minimum Gasteiger partial charge on any atom is -0.357 e. The molecular weight excluding hydrogens is 245 g/mol. The van der Waals surface area contributed by atoms with Gasteiger partial charge in [-0.25, -0.2) is 4.39 Å². The molecule has 2 rings (SSSR count). The average Bonchev–Trinajstić information content (AvgIpc) is 2.39. The van der Waals surface area contributed by atoms with E-state index in [4.69, 9.17) is 0 Å². The van der Waals surface area contributed by atoms with E-state index in [0.29, 0.717) is 13.1 Å². The Bertz CT molecular complexity index is 464. The highest BCUT2D eigenvalue weighted by molar-refractivity contribution is 5.86. The Morgan fingerprint density at radius 1 is 1.53 bits per heavy atom. The fourth-order valence-corrected chi connectivity index (χ4v) is 2.58. The molecule has 1 saturated heterocycles. The largest absolute Gasteiger partial charge is 0.357 e. The molecule has 0 aliphatic carbocycles. The van der Waals surface area contributed by atoms with E-state index in [9.17, 15) is 9.18 Å². The van der Waals surface area contributed by atoms with Gasteiger partial charge in [0.1, 0.15) is 11.9 Å². The summed E-state index contributed by atoms with van der Waals surface area (Å²) < 4.78 is 13.4. The maximum absolute atomic E-state index is 13.4. The van der Waals surface area contributed by atoms with E-state index in [1.807, 2.05) is 14.0 Å². The van der Waals surface area contributed by atoms with Gasteiger partial charge in [0.2, 0.25) is 5.91 Å². The van der Waals surface area contributed by atoms with E-state index in [1.165, 1.54) is 12.1 Å². The standard InChI is InChI=1S/C14H20FN3O/c1-3-12-14(19)17-6-7-18(12)13-5-4-11(15)8-10(13)9-16-2/h4-5,8,12,16H,3,6-7,9H2,1-2H3,(H,17,19). The Labute approximate surface area is 113 Å². The molecule has 104 valence electrons. The van der Waals surface area contributed by atoms with Gasteiger partial charge in [-0.3, -0.25) is 4.79 Å². The number of carbonyl (C=O) groups excluding carboxylic acids is 1. The Morgan fingerprint density at radius 3 is 3.00 bits per heavy atom. The third-order valence-electron chi connectivity index (χ3n) is 3.44. The summed E-state index contributed by atoms with van der Waals surface area (Å²) in [5.74, 6) is -0.197. The summed E-state index contributed by atoms with van der Waals surface area (Å²) in [6.07, 6.45) is 0.738. The molecule has 1 aromatic carbocycles. The van der Waals surface area contributed by atoms with Gasteiger partial charge in [-0.1, -0.05) is 6.92 Å². The van der Waals surface area contributed by atoms with E-state index in [1.54, 1.807) is 6.07 Å². The van der Waals surface area contributed by atoms with Crippen LogP contribution in [0.25, 0.3) is 0 Å². The minimum atomic E-state index is -0.247. The highest BCUT2D eigenvalue weighted by Gasteiger charge is 2.29. The molecule has 0 saturated carbocycles. The van der Waals surface area contributed by atoms with Gasteiger partial charge in [0.25, 0.3) is 0 Å². The van der Waals surface area contributed by atoms with Crippen LogP contribution < -0.4 is 15.5 Å². The monoisotopic (exact) mass is 265 g/mol. The first-order valence-electron chi connectivity index (χ1n) is 6.64. The number of hydrogen-bond acceptors (Lipinski definition) is 3. The molecule has 2 N–H and O–H groups in total. The lowest BCUT2D eigenvalue weighted by atomic mass is 10.1. The molecular formula is C14H20FN3O. The van der Waals surface area contributed by atoms with Gasteiger partial charge < -0.3 is 15.5 Å². The molecule has 1 heterocycles. The van der Waals surface area contributed by atoms with Crippen LogP contribution in [0.4, 0.5) is 10.1 Å².